The summed E-state index contributed by atoms with van der Waals surface area (Å²) in [6.07, 6.45) is 7.05. The van der Waals surface area contributed by atoms with Crippen molar-refractivity contribution in [1.29, 1.82) is 5.41 Å². The standard InChI is InChI=1S/C19H28N6O3.2ClH/c20-15(13-26)5-2-11-25(19(21)22)18(28)16-6-3-10-24(16)17(27)8-7-14-4-1-9-23-12-14;;/h1,4,9,12-13,15-16H,2-3,5-8,10-11,20H2,(H3,21,22);2*1H/t15-,16-;;/m0../s1. The zero-order chi connectivity index (χ0) is 20.5. The fourth-order valence-corrected chi connectivity index (χ4v) is 3.35. The molecule has 0 aromatic carbocycles. The number of nitrogens with one attached hydrogen (secondary N) is 1. The average molecular weight is 461 g/mol. The van der Waals surface area contributed by atoms with Crippen LogP contribution in [-0.4, -0.2) is 64.0 Å². The van der Waals surface area contributed by atoms with Crippen LogP contribution in [0.2, 0.25) is 0 Å². The maximum Gasteiger partial charge on any atom is 0.252 e. The summed E-state index contributed by atoms with van der Waals surface area (Å²) in [5.74, 6) is -0.801. The predicted molar refractivity (Wildman–Crippen MR) is 119 cm³/mol. The van der Waals surface area contributed by atoms with E-state index in [-0.39, 0.29) is 49.1 Å². The molecule has 0 saturated carbocycles. The molecule has 1 saturated heterocycles. The van der Waals surface area contributed by atoms with Gasteiger partial charge < -0.3 is 21.2 Å². The largest absolute Gasteiger partial charge is 0.370 e. The van der Waals surface area contributed by atoms with E-state index < -0.39 is 12.1 Å². The van der Waals surface area contributed by atoms with Gasteiger partial charge in [-0.05, 0) is 43.7 Å². The van der Waals surface area contributed by atoms with E-state index in [9.17, 15) is 14.4 Å². The highest BCUT2D eigenvalue weighted by atomic mass is 35.5. The van der Waals surface area contributed by atoms with E-state index >= 15 is 0 Å². The van der Waals surface area contributed by atoms with Gasteiger partial charge in [-0.25, -0.2) is 0 Å². The van der Waals surface area contributed by atoms with Crippen LogP contribution in [0.3, 0.4) is 0 Å². The number of likely N-dealkylation sites (tertiary alicyclic amines) is 1. The summed E-state index contributed by atoms with van der Waals surface area (Å²) in [4.78, 5) is 43.0. The number of nitrogens with two attached hydrogens (primary N) is 2. The molecule has 168 valence electrons. The summed E-state index contributed by atoms with van der Waals surface area (Å²) in [6.45, 7) is 0.716. The normalized spacial score (nSPS) is 16.0. The number of halogens is 2. The summed E-state index contributed by atoms with van der Waals surface area (Å²) < 4.78 is 0. The SMILES string of the molecule is Cl.Cl.N=C(N)N(CCC[C@H](N)C=O)C(=O)[C@@H]1CCCN1C(=O)CCc1cccnc1. The van der Waals surface area contributed by atoms with Gasteiger partial charge >= 0.3 is 0 Å². The second kappa shape index (κ2) is 13.9. The third kappa shape index (κ3) is 7.89. The van der Waals surface area contributed by atoms with Crippen LogP contribution < -0.4 is 11.5 Å². The molecule has 0 bridgehead atoms. The first-order chi connectivity index (χ1) is 13.4. The number of hydrogen-bond donors (Lipinski definition) is 3. The molecule has 5 N–H and O–H groups in total. The Labute approximate surface area is 188 Å². The summed E-state index contributed by atoms with van der Waals surface area (Å²) in [6, 6.07) is 2.53. The molecule has 2 atom stereocenters. The molecule has 2 rings (SSSR count). The van der Waals surface area contributed by atoms with E-state index in [1.54, 1.807) is 17.3 Å². The highest BCUT2D eigenvalue weighted by Gasteiger charge is 2.36. The third-order valence-electron chi connectivity index (χ3n) is 4.86. The molecule has 1 aliphatic heterocycles. The quantitative estimate of drug-likeness (QED) is 0.283. The number of aromatic nitrogens is 1. The van der Waals surface area contributed by atoms with Gasteiger partial charge in [-0.3, -0.25) is 24.9 Å². The number of amides is 2. The maximum absolute atomic E-state index is 12.9. The molecular formula is C19H30Cl2N6O3. The Morgan fingerprint density at radius 2 is 2.13 bits per heavy atom. The lowest BCUT2D eigenvalue weighted by atomic mass is 10.1. The smallest absolute Gasteiger partial charge is 0.252 e. The topological polar surface area (TPSA) is 146 Å². The molecule has 1 aromatic rings. The van der Waals surface area contributed by atoms with Crippen LogP contribution >= 0.6 is 24.8 Å². The van der Waals surface area contributed by atoms with Crippen molar-refractivity contribution < 1.29 is 14.4 Å². The van der Waals surface area contributed by atoms with E-state index in [1.165, 1.54) is 4.90 Å². The van der Waals surface area contributed by atoms with E-state index in [4.69, 9.17) is 16.9 Å². The van der Waals surface area contributed by atoms with Crippen LogP contribution in [0.1, 0.15) is 37.7 Å². The van der Waals surface area contributed by atoms with Crippen LogP contribution in [0.15, 0.2) is 24.5 Å². The maximum atomic E-state index is 12.9. The average Bonchev–Trinajstić information content (AvgIpc) is 3.19. The van der Waals surface area contributed by atoms with Crippen molar-refractivity contribution in [2.24, 2.45) is 11.5 Å². The Morgan fingerprint density at radius 3 is 2.73 bits per heavy atom. The Bertz CT molecular complexity index is 707. The Morgan fingerprint density at radius 1 is 1.40 bits per heavy atom. The summed E-state index contributed by atoms with van der Waals surface area (Å²) in [5.41, 5.74) is 12.1. The Hall–Kier alpha value is -2.23. The molecular weight excluding hydrogens is 431 g/mol. The van der Waals surface area contributed by atoms with Gasteiger partial charge in [0, 0.05) is 31.9 Å². The molecule has 1 fully saturated rings. The van der Waals surface area contributed by atoms with Crippen molar-refractivity contribution in [2.45, 2.75) is 50.6 Å². The van der Waals surface area contributed by atoms with Crippen LogP contribution in [0, 0.1) is 5.41 Å². The molecule has 1 aromatic heterocycles. The lowest BCUT2D eigenvalue weighted by Crippen LogP contribution is -2.52. The van der Waals surface area contributed by atoms with Crippen molar-refractivity contribution in [3.63, 3.8) is 0 Å². The number of aryl methyl sites for hydroxylation is 1. The van der Waals surface area contributed by atoms with E-state index in [0.717, 1.165) is 12.0 Å². The highest BCUT2D eigenvalue weighted by molar-refractivity contribution is 5.99. The second-order valence-electron chi connectivity index (χ2n) is 6.92. The third-order valence-corrected chi connectivity index (χ3v) is 4.86. The van der Waals surface area contributed by atoms with Gasteiger partial charge in [0.25, 0.3) is 5.91 Å². The van der Waals surface area contributed by atoms with Crippen molar-refractivity contribution in [3.8, 4) is 0 Å². The van der Waals surface area contributed by atoms with Gasteiger partial charge in [-0.1, -0.05) is 6.07 Å². The van der Waals surface area contributed by atoms with Crippen molar-refractivity contribution in [2.75, 3.05) is 13.1 Å². The van der Waals surface area contributed by atoms with Gasteiger partial charge in [0.2, 0.25) is 5.91 Å². The second-order valence-corrected chi connectivity index (χ2v) is 6.92. The van der Waals surface area contributed by atoms with Crippen molar-refractivity contribution in [1.82, 2.24) is 14.8 Å². The number of carbonyl (C=O) groups excluding carboxylic acids is 3. The lowest BCUT2D eigenvalue weighted by molar-refractivity contribution is -0.141. The number of pyridine rings is 1. The van der Waals surface area contributed by atoms with E-state index in [0.29, 0.717) is 44.9 Å². The molecule has 0 radical (unpaired) electrons. The monoisotopic (exact) mass is 460 g/mol. The summed E-state index contributed by atoms with van der Waals surface area (Å²) in [7, 11) is 0. The first kappa shape index (κ1) is 27.8. The zero-order valence-electron chi connectivity index (χ0n) is 16.7. The fraction of sp³-hybridized carbons (Fsp3) is 0.526. The molecule has 0 unspecified atom stereocenters. The Kier molecular flexibility index (Phi) is 12.9. The fourth-order valence-electron chi connectivity index (χ4n) is 3.35. The molecule has 11 heteroatoms. The summed E-state index contributed by atoms with van der Waals surface area (Å²) in [5, 5.41) is 7.71. The van der Waals surface area contributed by atoms with Crippen LogP contribution in [0.25, 0.3) is 0 Å². The van der Waals surface area contributed by atoms with Crippen LogP contribution in [-0.2, 0) is 20.8 Å². The molecule has 30 heavy (non-hydrogen) atoms. The number of carbonyl (C=O) groups is 3. The first-order valence-corrected chi connectivity index (χ1v) is 9.48. The van der Waals surface area contributed by atoms with Gasteiger partial charge in [-0.15, -0.1) is 24.8 Å². The Balaban J connectivity index is 0.00000420. The molecule has 1 aliphatic rings. The number of nitrogens with zero attached hydrogens (tertiary/aromatic N) is 3. The minimum atomic E-state index is -0.606. The zero-order valence-corrected chi connectivity index (χ0v) is 18.4. The van der Waals surface area contributed by atoms with Gasteiger partial charge in [0.1, 0.15) is 12.3 Å². The number of guanidine groups is 1. The number of hydrogen-bond acceptors (Lipinski definition) is 6. The minimum absolute atomic E-state index is 0. The lowest BCUT2D eigenvalue weighted by Gasteiger charge is -2.29. The molecule has 0 spiro atoms. The van der Waals surface area contributed by atoms with Gasteiger partial charge in [0.15, 0.2) is 5.96 Å². The van der Waals surface area contributed by atoms with Crippen LogP contribution in [0.5, 0.6) is 0 Å². The van der Waals surface area contributed by atoms with Crippen LogP contribution in [0.4, 0.5) is 0 Å². The highest BCUT2D eigenvalue weighted by Crippen LogP contribution is 2.21. The van der Waals surface area contributed by atoms with Crippen molar-refractivity contribution in [3.05, 3.63) is 30.1 Å². The molecule has 2 heterocycles. The minimum Gasteiger partial charge on any atom is -0.370 e. The number of aldehydes is 1. The van der Waals surface area contributed by atoms with E-state index in [1.807, 2.05) is 12.1 Å². The van der Waals surface area contributed by atoms with Crippen molar-refractivity contribution >= 4 is 48.9 Å². The summed E-state index contributed by atoms with van der Waals surface area (Å²) >= 11 is 0. The molecule has 0 aliphatic carbocycles. The first-order valence-electron chi connectivity index (χ1n) is 9.48. The molecule has 9 nitrogen and oxygen atoms in total. The van der Waals surface area contributed by atoms with E-state index in [2.05, 4.69) is 4.98 Å². The number of rotatable bonds is 9. The molecule has 2 amide bonds. The van der Waals surface area contributed by atoms with Gasteiger partial charge in [-0.2, -0.15) is 0 Å². The predicted octanol–water partition coefficient (Wildman–Crippen LogP) is 0.877. The van der Waals surface area contributed by atoms with Gasteiger partial charge in [0.05, 0.1) is 6.04 Å².